The molecule has 0 atom stereocenters. The highest BCUT2D eigenvalue weighted by Gasteiger charge is 2.49. The maximum absolute atomic E-state index is 4.06. The number of benzene rings is 6. The summed E-state index contributed by atoms with van der Waals surface area (Å²) in [6.45, 7) is 64.3. The second kappa shape index (κ2) is 24.3. The van der Waals surface area contributed by atoms with E-state index in [1.54, 1.807) is 18.0 Å². The van der Waals surface area contributed by atoms with E-state index in [2.05, 4.69) is 330 Å². The van der Waals surface area contributed by atoms with Crippen LogP contribution in [0, 0.1) is 13.8 Å². The number of aryl methyl sites for hydroxylation is 2. The Morgan fingerprint density at radius 3 is 0.619 bits per heavy atom. The third-order valence-corrected chi connectivity index (χ3v) is 59.9. The first-order valence-electron chi connectivity index (χ1n) is 32.3. The highest BCUT2D eigenvalue weighted by molar-refractivity contribution is 9.11. The molecule has 0 saturated carbocycles. The Balaban J connectivity index is 0.000000202. The Morgan fingerprint density at radius 2 is 0.417 bits per heavy atom. The van der Waals surface area contributed by atoms with Crippen LogP contribution in [-0.2, 0) is 0 Å². The molecular weight excluding hydrogens is 1290 g/mol. The Morgan fingerprint density at radius 1 is 0.238 bits per heavy atom. The molecule has 0 N–H and O–H groups in total. The van der Waals surface area contributed by atoms with Crippen molar-refractivity contribution >= 4 is 211 Å². The van der Waals surface area contributed by atoms with E-state index in [1.807, 2.05) is 0 Å². The zero-order valence-electron chi connectivity index (χ0n) is 56.2. The summed E-state index contributed by atoms with van der Waals surface area (Å²) in [5.74, 6) is 0. The van der Waals surface area contributed by atoms with E-state index in [0.29, 0.717) is 33.2 Å². The molecule has 0 unspecified atom stereocenters. The molecule has 10 rings (SSSR count). The SMILES string of the molecule is CC(C)[Si](c1cc2c(Br)cc3c4cc(Br)c5cc([Si](C(C)C)(C(C)C)C(C)C)sc5c4ccc3c2s1)(C(C)C)C(C)C.Cc1cc2c3cc(C)c4cc([Si](C(C)C)(C(C)C)C(C)C)sc4c3ccc2c2sc([Si](C(C)C)(C(C)C)C(C)C)cc12. The minimum absolute atomic E-state index is 0.701. The van der Waals surface area contributed by atoms with Gasteiger partial charge in [-0.2, -0.15) is 0 Å². The third-order valence-electron chi connectivity index (χ3n) is 22.3. The molecule has 84 heavy (non-hydrogen) atoms. The fraction of sp³-hybridized carbons (Fsp3) is 0.514. The summed E-state index contributed by atoms with van der Waals surface area (Å²) in [6.07, 6.45) is 0. The van der Waals surface area contributed by atoms with Crippen LogP contribution < -0.4 is 18.0 Å². The van der Waals surface area contributed by atoms with Crippen LogP contribution in [0.3, 0.4) is 0 Å². The topological polar surface area (TPSA) is 0 Å². The van der Waals surface area contributed by atoms with Crippen molar-refractivity contribution in [3.05, 3.63) is 92.9 Å². The van der Waals surface area contributed by atoms with E-state index in [0.717, 1.165) is 33.2 Å². The van der Waals surface area contributed by atoms with Gasteiger partial charge in [-0.3, -0.25) is 0 Å². The summed E-state index contributed by atoms with van der Waals surface area (Å²) in [6, 6.07) is 30.0. The molecule has 10 aromatic rings. The number of rotatable bonds is 16. The van der Waals surface area contributed by atoms with Crippen molar-refractivity contribution in [1.29, 1.82) is 0 Å². The monoisotopic (exact) mass is 1390 g/mol. The lowest BCUT2D eigenvalue weighted by Crippen LogP contribution is -2.54. The van der Waals surface area contributed by atoms with E-state index in [-0.39, 0.29) is 0 Å². The molecule has 0 aliphatic heterocycles. The minimum Gasteiger partial charge on any atom is -0.144 e. The molecule has 0 bridgehead atoms. The van der Waals surface area contributed by atoms with Crippen LogP contribution in [0.2, 0.25) is 66.5 Å². The van der Waals surface area contributed by atoms with Crippen LogP contribution >= 0.6 is 77.2 Å². The molecule has 0 spiro atoms. The maximum Gasteiger partial charge on any atom is 0.107 e. The van der Waals surface area contributed by atoms with Crippen molar-refractivity contribution in [1.82, 2.24) is 0 Å². The van der Waals surface area contributed by atoms with Gasteiger partial charge in [-0.1, -0.05) is 234 Å². The van der Waals surface area contributed by atoms with Crippen molar-refractivity contribution in [2.75, 3.05) is 0 Å². The Labute approximate surface area is 545 Å². The molecule has 0 nitrogen and oxygen atoms in total. The standard InChI is InChI=1S/C38H54S2Si2.C36H48Br2S2Si2/c1-21(2)41(22(3)4,23(5)6)35-19-31-27(13)17-33-29(37(31)39-35)15-16-30-34(33)18-28(14)32-20-36(40-38(30)32)42(24(7)8,25(9)10)26(11)12;1-19(2)41(20(3)4,21(5)6)33-17-29-31(37)15-27-25(35(29)39-33)13-14-26-28(27)16-32(38)30-18-34(40-36(26)30)42(22(7)8,23(9)10)24(11)12/h15-26H,1-14H3;13-24H,1-12H3. The molecule has 0 radical (unpaired) electrons. The second-order valence-corrected chi connectivity index (χ2v) is 60.5. The largest absolute Gasteiger partial charge is 0.144 e. The molecular formula is C74H102Br2S4Si4. The number of thiophene rings is 4. The molecule has 4 heterocycles. The normalized spacial score (nSPS) is 13.8. The Bertz CT molecular complexity index is 3480. The van der Waals surface area contributed by atoms with E-state index in [4.69, 9.17) is 0 Å². The lowest BCUT2D eigenvalue weighted by Gasteiger charge is -2.42. The summed E-state index contributed by atoms with van der Waals surface area (Å²) < 4.78 is 15.1. The van der Waals surface area contributed by atoms with E-state index in [1.165, 1.54) is 104 Å². The number of fused-ring (bicyclic) bond motifs is 14. The number of halogens is 2. The van der Waals surface area contributed by atoms with Gasteiger partial charge in [0.1, 0.15) is 32.3 Å². The molecule has 0 saturated heterocycles. The van der Waals surface area contributed by atoms with Crippen LogP contribution in [0.25, 0.3) is 83.4 Å². The van der Waals surface area contributed by atoms with Crippen molar-refractivity contribution in [2.24, 2.45) is 0 Å². The van der Waals surface area contributed by atoms with Gasteiger partial charge in [0.05, 0.1) is 0 Å². The van der Waals surface area contributed by atoms with Crippen LogP contribution in [0.4, 0.5) is 0 Å². The third kappa shape index (κ3) is 9.96. The van der Waals surface area contributed by atoms with Gasteiger partial charge in [-0.25, -0.2) is 0 Å². The van der Waals surface area contributed by atoms with Gasteiger partial charge in [0.25, 0.3) is 0 Å². The van der Waals surface area contributed by atoms with Gasteiger partial charge in [0.2, 0.25) is 0 Å². The first kappa shape index (κ1) is 66.4. The first-order valence-corrected chi connectivity index (χ1v) is 46.1. The van der Waals surface area contributed by atoms with Gasteiger partial charge in [-0.15, -0.1) is 45.3 Å². The summed E-state index contributed by atoms with van der Waals surface area (Å²) >= 11 is 16.6. The number of hydrogen-bond donors (Lipinski definition) is 0. The molecule has 452 valence electrons. The molecule has 0 fully saturated rings. The van der Waals surface area contributed by atoms with Crippen molar-refractivity contribution in [3.63, 3.8) is 0 Å². The lowest BCUT2D eigenvalue weighted by atomic mass is 9.96. The van der Waals surface area contributed by atoms with Gasteiger partial charge in [-0.05, 0) is 178 Å². The minimum atomic E-state index is -1.74. The van der Waals surface area contributed by atoms with E-state index >= 15 is 0 Å². The van der Waals surface area contributed by atoms with Crippen molar-refractivity contribution < 1.29 is 0 Å². The summed E-state index contributed by atoms with van der Waals surface area (Å²) in [7, 11) is -6.92. The Kier molecular flexibility index (Phi) is 19.3. The zero-order valence-corrected chi connectivity index (χ0v) is 66.7. The predicted octanol–water partition coefficient (Wildman–Crippen LogP) is 26.5. The quantitative estimate of drug-likeness (QED) is 0.0668. The molecule has 0 aliphatic carbocycles. The highest BCUT2D eigenvalue weighted by atomic mass is 79.9. The van der Waals surface area contributed by atoms with E-state index < -0.39 is 32.3 Å². The average Bonchev–Trinajstić information content (AvgIpc) is 2.53. The van der Waals surface area contributed by atoms with Gasteiger partial charge < -0.3 is 0 Å². The molecule has 6 aromatic carbocycles. The molecule has 10 heteroatoms. The Hall–Kier alpha value is -1.97. The van der Waals surface area contributed by atoms with Gasteiger partial charge in [0, 0.05) is 60.1 Å². The number of hydrogen-bond acceptors (Lipinski definition) is 4. The molecule has 4 aromatic heterocycles. The van der Waals surface area contributed by atoms with Gasteiger partial charge >= 0.3 is 0 Å². The molecule has 0 aliphatic rings. The zero-order chi connectivity index (χ0) is 62.1. The lowest BCUT2D eigenvalue weighted by molar-refractivity contribution is 0.837. The van der Waals surface area contributed by atoms with Crippen LogP contribution in [-0.4, -0.2) is 32.3 Å². The van der Waals surface area contributed by atoms with Crippen LogP contribution in [0.5, 0.6) is 0 Å². The van der Waals surface area contributed by atoms with Gasteiger partial charge in [0.15, 0.2) is 0 Å². The summed E-state index contributed by atoms with van der Waals surface area (Å²) in [5, 5.41) is 17.1. The fourth-order valence-corrected chi connectivity index (χ4v) is 61.5. The van der Waals surface area contributed by atoms with Crippen molar-refractivity contribution in [3.8, 4) is 0 Å². The molecule has 0 amide bonds. The smallest absolute Gasteiger partial charge is 0.107 e. The maximum atomic E-state index is 4.06. The van der Waals surface area contributed by atoms with Crippen LogP contribution in [0.15, 0.2) is 81.7 Å². The average molecular weight is 1390 g/mol. The second-order valence-electron chi connectivity index (χ2n) is 29.6. The summed E-state index contributed by atoms with van der Waals surface area (Å²) in [5.41, 5.74) is 11.4. The first-order chi connectivity index (χ1) is 39.2. The van der Waals surface area contributed by atoms with E-state index in [9.17, 15) is 0 Å². The highest BCUT2D eigenvalue weighted by Crippen LogP contribution is 2.51. The fourth-order valence-electron chi connectivity index (χ4n) is 19.3. The van der Waals surface area contributed by atoms with Crippen LogP contribution in [0.1, 0.15) is 177 Å². The van der Waals surface area contributed by atoms with Crippen molar-refractivity contribution in [2.45, 2.75) is 247 Å². The predicted molar refractivity (Wildman–Crippen MR) is 412 cm³/mol. The summed E-state index contributed by atoms with van der Waals surface area (Å²) in [4.78, 5) is 0.